The molecule has 0 radical (unpaired) electrons. The molecule has 0 unspecified atom stereocenters. The van der Waals surface area contributed by atoms with E-state index in [1.54, 1.807) is 6.07 Å². The van der Waals surface area contributed by atoms with Crippen LogP contribution in [-0.4, -0.2) is 41.1 Å². The molecule has 0 N–H and O–H groups in total. The van der Waals surface area contributed by atoms with Crippen molar-refractivity contribution in [3.05, 3.63) is 40.7 Å². The fourth-order valence-corrected chi connectivity index (χ4v) is 4.49. The van der Waals surface area contributed by atoms with Gasteiger partial charge in [0.1, 0.15) is 11.6 Å². The maximum atomic E-state index is 12.3. The number of aromatic nitrogens is 4. The minimum Gasteiger partial charge on any atom is -0.465 e. The summed E-state index contributed by atoms with van der Waals surface area (Å²) in [5, 5.41) is 8.81. The van der Waals surface area contributed by atoms with Crippen molar-refractivity contribution < 1.29 is 14.0 Å². The van der Waals surface area contributed by atoms with E-state index in [4.69, 9.17) is 14.1 Å². The molecule has 0 aliphatic rings. The van der Waals surface area contributed by atoms with Gasteiger partial charge in [-0.15, -0.1) is 10.2 Å². The number of aryl methyl sites for hydroxylation is 3. The van der Waals surface area contributed by atoms with Crippen LogP contribution in [0.4, 0.5) is 0 Å². The zero-order valence-electron chi connectivity index (χ0n) is 22.7. The molecule has 34 heavy (non-hydrogen) atoms. The van der Waals surface area contributed by atoms with Crippen LogP contribution in [0.5, 0.6) is 0 Å². The number of carbonyl (C=O) groups is 1. The molecule has 0 bridgehead atoms. The van der Waals surface area contributed by atoms with Gasteiger partial charge in [0.05, 0.1) is 25.0 Å². The van der Waals surface area contributed by atoms with Gasteiger partial charge in [-0.2, -0.15) is 0 Å². The zero-order valence-corrected chi connectivity index (χ0v) is 23.7. The summed E-state index contributed by atoms with van der Waals surface area (Å²) in [5.41, 5.74) is 2.17. The van der Waals surface area contributed by atoms with Crippen LogP contribution in [0.25, 0.3) is 0 Å². The summed E-state index contributed by atoms with van der Waals surface area (Å²) >= 11 is 0. The SMILES string of the molecule is COC(=O)c1cc(CCCc2nnc(C)n2CCCC(C)C)nc(CO[Si](C)(C)C(C)(C)C)c1. The summed E-state index contributed by atoms with van der Waals surface area (Å²) in [6.07, 6.45) is 4.77. The first-order chi connectivity index (χ1) is 15.8. The van der Waals surface area contributed by atoms with Crippen molar-refractivity contribution in [1.29, 1.82) is 0 Å². The molecule has 0 spiro atoms. The van der Waals surface area contributed by atoms with Crippen molar-refractivity contribution in [2.75, 3.05) is 7.11 Å². The summed E-state index contributed by atoms with van der Waals surface area (Å²) in [6, 6.07) is 3.62. The number of esters is 1. The first-order valence-electron chi connectivity index (χ1n) is 12.4. The first kappa shape index (κ1) is 28.2. The second kappa shape index (κ2) is 12.1. The van der Waals surface area contributed by atoms with Gasteiger partial charge in [0, 0.05) is 18.7 Å². The van der Waals surface area contributed by atoms with E-state index in [0.717, 1.165) is 55.3 Å². The summed E-state index contributed by atoms with van der Waals surface area (Å²) in [5.74, 6) is 2.34. The molecule has 7 nitrogen and oxygen atoms in total. The molecular weight excluding hydrogens is 444 g/mol. The Morgan fingerprint density at radius 3 is 2.38 bits per heavy atom. The predicted molar refractivity (Wildman–Crippen MR) is 138 cm³/mol. The third-order valence-corrected chi connectivity index (χ3v) is 11.2. The third kappa shape index (κ3) is 8.01. The number of hydrogen-bond donors (Lipinski definition) is 0. The number of ether oxygens (including phenoxy) is 1. The maximum Gasteiger partial charge on any atom is 0.337 e. The minimum absolute atomic E-state index is 0.110. The van der Waals surface area contributed by atoms with Crippen LogP contribution < -0.4 is 0 Å². The Morgan fingerprint density at radius 2 is 1.76 bits per heavy atom. The van der Waals surface area contributed by atoms with Crippen molar-refractivity contribution in [3.8, 4) is 0 Å². The lowest BCUT2D eigenvalue weighted by Crippen LogP contribution is -2.40. The molecule has 0 aromatic carbocycles. The quantitative estimate of drug-likeness (QED) is 0.273. The zero-order chi connectivity index (χ0) is 25.5. The van der Waals surface area contributed by atoms with Crippen LogP contribution in [0.2, 0.25) is 18.1 Å². The van der Waals surface area contributed by atoms with E-state index < -0.39 is 8.32 Å². The molecule has 2 heterocycles. The summed E-state index contributed by atoms with van der Waals surface area (Å²) in [4.78, 5) is 17.1. The number of hydrogen-bond acceptors (Lipinski definition) is 6. The Balaban J connectivity index is 2.09. The highest BCUT2D eigenvalue weighted by Gasteiger charge is 2.37. The first-order valence-corrected chi connectivity index (χ1v) is 15.4. The lowest BCUT2D eigenvalue weighted by atomic mass is 10.1. The molecule has 0 aliphatic carbocycles. The van der Waals surface area contributed by atoms with Crippen molar-refractivity contribution in [1.82, 2.24) is 19.7 Å². The molecule has 0 amide bonds. The molecule has 2 aromatic rings. The van der Waals surface area contributed by atoms with E-state index in [1.807, 2.05) is 13.0 Å². The van der Waals surface area contributed by atoms with Crippen LogP contribution in [-0.2, 0) is 35.2 Å². The van der Waals surface area contributed by atoms with E-state index in [9.17, 15) is 4.79 Å². The second-order valence-corrected chi connectivity index (χ2v) is 15.9. The van der Waals surface area contributed by atoms with Crippen molar-refractivity contribution >= 4 is 14.3 Å². The Hall–Kier alpha value is -2.06. The largest absolute Gasteiger partial charge is 0.465 e. The van der Waals surface area contributed by atoms with Gasteiger partial charge in [0.15, 0.2) is 8.32 Å². The van der Waals surface area contributed by atoms with Crippen molar-refractivity contribution in [3.63, 3.8) is 0 Å². The minimum atomic E-state index is -1.92. The summed E-state index contributed by atoms with van der Waals surface area (Å²) in [7, 11) is -0.519. The Labute approximate surface area is 206 Å². The molecule has 2 aromatic heterocycles. The second-order valence-electron chi connectivity index (χ2n) is 11.1. The van der Waals surface area contributed by atoms with Crippen LogP contribution in [0.1, 0.15) is 87.3 Å². The van der Waals surface area contributed by atoms with Crippen LogP contribution >= 0.6 is 0 Å². The monoisotopic (exact) mass is 488 g/mol. The highest BCUT2D eigenvalue weighted by atomic mass is 28.4. The van der Waals surface area contributed by atoms with Gasteiger partial charge >= 0.3 is 5.97 Å². The Bertz CT molecular complexity index is 948. The third-order valence-electron chi connectivity index (χ3n) is 6.75. The van der Waals surface area contributed by atoms with Crippen LogP contribution in [0.15, 0.2) is 12.1 Å². The number of carbonyl (C=O) groups excluding carboxylic acids is 1. The van der Waals surface area contributed by atoms with E-state index in [-0.39, 0.29) is 11.0 Å². The lowest BCUT2D eigenvalue weighted by Gasteiger charge is -2.36. The molecule has 0 atom stereocenters. The highest BCUT2D eigenvalue weighted by Crippen LogP contribution is 2.37. The standard InChI is InChI=1S/C26H44N4O3Si/c1-19(2)12-11-15-30-20(3)28-29-24(30)14-10-13-22-16-21(25(31)32-7)17-23(27-22)18-33-34(8,9)26(4,5)6/h16-17,19H,10-15,18H2,1-9H3. The molecule has 0 aliphatic heterocycles. The topological polar surface area (TPSA) is 79.1 Å². The van der Waals surface area contributed by atoms with E-state index in [2.05, 4.69) is 62.5 Å². The van der Waals surface area contributed by atoms with Gasteiger partial charge in [-0.1, -0.05) is 34.6 Å². The van der Waals surface area contributed by atoms with Crippen molar-refractivity contribution in [2.45, 2.75) is 105 Å². The van der Waals surface area contributed by atoms with Gasteiger partial charge < -0.3 is 13.7 Å². The van der Waals surface area contributed by atoms with Crippen LogP contribution in [0.3, 0.4) is 0 Å². The molecule has 8 heteroatoms. The number of rotatable bonds is 12. The number of nitrogens with zero attached hydrogens (tertiary/aromatic N) is 4. The Kier molecular flexibility index (Phi) is 10.00. The van der Waals surface area contributed by atoms with E-state index in [1.165, 1.54) is 13.5 Å². The summed E-state index contributed by atoms with van der Waals surface area (Å²) in [6.45, 7) is 19.0. The van der Waals surface area contributed by atoms with Gasteiger partial charge in [0.2, 0.25) is 0 Å². The normalized spacial score (nSPS) is 12.4. The fourth-order valence-electron chi connectivity index (χ4n) is 3.54. The van der Waals surface area contributed by atoms with Gasteiger partial charge in [-0.25, -0.2) is 4.79 Å². The fraction of sp³-hybridized carbons (Fsp3) is 0.692. The maximum absolute atomic E-state index is 12.3. The molecule has 190 valence electrons. The lowest BCUT2D eigenvalue weighted by molar-refractivity contribution is 0.0600. The molecule has 2 rings (SSSR count). The molecule has 0 fully saturated rings. The van der Waals surface area contributed by atoms with Gasteiger partial charge in [-0.3, -0.25) is 4.98 Å². The van der Waals surface area contributed by atoms with E-state index >= 15 is 0 Å². The summed E-state index contributed by atoms with van der Waals surface area (Å²) < 4.78 is 13.6. The molecule has 0 saturated heterocycles. The van der Waals surface area contributed by atoms with Crippen molar-refractivity contribution in [2.24, 2.45) is 5.92 Å². The molecule has 0 saturated carbocycles. The highest BCUT2D eigenvalue weighted by molar-refractivity contribution is 6.74. The average Bonchev–Trinajstić information content (AvgIpc) is 3.10. The Morgan fingerprint density at radius 1 is 1.09 bits per heavy atom. The smallest absolute Gasteiger partial charge is 0.337 e. The molecular formula is C26H44N4O3Si. The van der Waals surface area contributed by atoms with Gasteiger partial charge in [0.25, 0.3) is 0 Å². The number of methoxy groups -OCH3 is 1. The van der Waals surface area contributed by atoms with E-state index in [0.29, 0.717) is 18.1 Å². The predicted octanol–water partition coefficient (Wildman–Crippen LogP) is 5.90. The average molecular weight is 489 g/mol. The van der Waals surface area contributed by atoms with Gasteiger partial charge in [-0.05, 0) is 68.8 Å². The number of pyridine rings is 1. The van der Waals surface area contributed by atoms with Crippen LogP contribution in [0, 0.1) is 12.8 Å².